The number of fused-ring (bicyclic) bond motifs is 1. The van der Waals surface area contributed by atoms with Crippen molar-refractivity contribution in [2.24, 2.45) is 0 Å². The maximum absolute atomic E-state index is 12.8. The Hall–Kier alpha value is -4.52. The number of benzene rings is 3. The second-order valence-corrected chi connectivity index (χ2v) is 7.68. The standard InChI is InChI=1S/C28H26N2O5/c1-4-23-20(19-12-8-9-13-24(19)35-23)14-15-27(31)29-21-16-26(34-3)22(17-25(21)33-2)30-28(32)18-10-6-5-7-11-18/h5-17H,4H2,1-3H3,(H,29,31)(H,30,32)/b15-14+. The van der Waals surface area contributed by atoms with Gasteiger partial charge in [0, 0.05) is 41.1 Å². The number of hydrogen-bond donors (Lipinski definition) is 2. The molecular formula is C28H26N2O5. The molecule has 1 heterocycles. The van der Waals surface area contributed by atoms with E-state index in [2.05, 4.69) is 10.6 Å². The fourth-order valence-corrected chi connectivity index (χ4v) is 3.77. The lowest BCUT2D eigenvalue weighted by atomic mass is 10.1. The molecule has 7 nitrogen and oxygen atoms in total. The van der Waals surface area contributed by atoms with Gasteiger partial charge in [0.2, 0.25) is 5.91 Å². The number of furan rings is 1. The monoisotopic (exact) mass is 470 g/mol. The number of aryl methyl sites for hydroxylation is 1. The van der Waals surface area contributed by atoms with Gasteiger partial charge in [0.1, 0.15) is 22.8 Å². The summed E-state index contributed by atoms with van der Waals surface area (Å²) in [6.45, 7) is 2.00. The van der Waals surface area contributed by atoms with Crippen molar-refractivity contribution in [2.75, 3.05) is 24.9 Å². The molecule has 2 N–H and O–H groups in total. The summed E-state index contributed by atoms with van der Waals surface area (Å²) in [6.07, 6.45) is 3.91. The molecule has 0 atom stereocenters. The molecule has 0 bridgehead atoms. The van der Waals surface area contributed by atoms with Gasteiger partial charge in [-0.1, -0.05) is 43.3 Å². The van der Waals surface area contributed by atoms with Crippen molar-refractivity contribution in [3.8, 4) is 11.5 Å². The first-order chi connectivity index (χ1) is 17.0. The lowest BCUT2D eigenvalue weighted by Gasteiger charge is -2.16. The molecular weight excluding hydrogens is 444 g/mol. The summed E-state index contributed by atoms with van der Waals surface area (Å²) in [6, 6.07) is 19.8. The van der Waals surface area contributed by atoms with Gasteiger partial charge < -0.3 is 24.5 Å². The first kappa shape index (κ1) is 23.6. The lowest BCUT2D eigenvalue weighted by molar-refractivity contribution is -0.111. The van der Waals surface area contributed by atoms with Crippen molar-refractivity contribution >= 4 is 40.2 Å². The van der Waals surface area contributed by atoms with E-state index in [9.17, 15) is 9.59 Å². The Balaban J connectivity index is 1.56. The van der Waals surface area contributed by atoms with Gasteiger partial charge in [0.25, 0.3) is 5.91 Å². The van der Waals surface area contributed by atoms with Crippen LogP contribution >= 0.6 is 0 Å². The first-order valence-corrected chi connectivity index (χ1v) is 11.2. The van der Waals surface area contributed by atoms with Gasteiger partial charge >= 0.3 is 0 Å². The Morgan fingerprint density at radius 3 is 2.17 bits per heavy atom. The molecule has 4 rings (SSSR count). The summed E-state index contributed by atoms with van der Waals surface area (Å²) in [5.41, 5.74) is 2.99. The van der Waals surface area contributed by atoms with E-state index in [-0.39, 0.29) is 11.8 Å². The Kier molecular flexibility index (Phi) is 7.16. The van der Waals surface area contributed by atoms with Crippen LogP contribution in [-0.4, -0.2) is 26.0 Å². The second kappa shape index (κ2) is 10.6. The minimum absolute atomic E-state index is 0.287. The molecule has 0 radical (unpaired) electrons. The molecule has 0 fully saturated rings. The van der Waals surface area contributed by atoms with Crippen LogP contribution in [0.5, 0.6) is 11.5 Å². The topological polar surface area (TPSA) is 89.8 Å². The Morgan fingerprint density at radius 1 is 0.886 bits per heavy atom. The molecule has 4 aromatic rings. The minimum Gasteiger partial charge on any atom is -0.494 e. The predicted octanol–water partition coefficient (Wildman–Crippen LogP) is 5.92. The number of para-hydroxylation sites is 1. The number of carbonyl (C=O) groups excluding carboxylic acids is 2. The van der Waals surface area contributed by atoms with Crippen molar-refractivity contribution in [1.29, 1.82) is 0 Å². The number of carbonyl (C=O) groups is 2. The maximum atomic E-state index is 12.8. The van der Waals surface area contributed by atoms with E-state index in [4.69, 9.17) is 13.9 Å². The average Bonchev–Trinajstić information content (AvgIpc) is 3.26. The van der Waals surface area contributed by atoms with Gasteiger partial charge in [0.15, 0.2) is 0 Å². The number of amides is 2. The zero-order valence-corrected chi connectivity index (χ0v) is 19.8. The molecule has 0 saturated carbocycles. The van der Waals surface area contributed by atoms with Crippen molar-refractivity contribution < 1.29 is 23.5 Å². The fraction of sp³-hybridized carbons (Fsp3) is 0.143. The zero-order chi connectivity index (χ0) is 24.8. The molecule has 0 spiro atoms. The van der Waals surface area contributed by atoms with Crippen LogP contribution < -0.4 is 20.1 Å². The third-order valence-corrected chi connectivity index (χ3v) is 5.50. The number of nitrogens with one attached hydrogen (secondary N) is 2. The van der Waals surface area contributed by atoms with Crippen LogP contribution in [0.15, 0.2) is 77.2 Å². The van der Waals surface area contributed by atoms with Crippen LogP contribution in [0.25, 0.3) is 17.0 Å². The molecule has 0 saturated heterocycles. The number of rotatable bonds is 8. The van der Waals surface area contributed by atoms with E-state index >= 15 is 0 Å². The van der Waals surface area contributed by atoms with Gasteiger partial charge in [-0.2, -0.15) is 0 Å². The highest BCUT2D eigenvalue weighted by Crippen LogP contribution is 2.37. The summed E-state index contributed by atoms with van der Waals surface area (Å²) in [5, 5.41) is 6.60. The highest BCUT2D eigenvalue weighted by molar-refractivity contribution is 6.07. The third kappa shape index (κ3) is 5.19. The van der Waals surface area contributed by atoms with Crippen LogP contribution in [-0.2, 0) is 11.2 Å². The highest BCUT2D eigenvalue weighted by atomic mass is 16.5. The maximum Gasteiger partial charge on any atom is 0.255 e. The van der Waals surface area contributed by atoms with E-state index in [0.29, 0.717) is 34.9 Å². The largest absolute Gasteiger partial charge is 0.494 e. The smallest absolute Gasteiger partial charge is 0.255 e. The molecule has 178 valence electrons. The Morgan fingerprint density at radius 2 is 1.51 bits per heavy atom. The predicted molar refractivity (Wildman–Crippen MR) is 137 cm³/mol. The molecule has 0 aliphatic rings. The summed E-state index contributed by atoms with van der Waals surface area (Å²) >= 11 is 0. The van der Waals surface area contributed by atoms with E-state index in [1.165, 1.54) is 20.3 Å². The quantitative estimate of drug-likeness (QED) is 0.312. The van der Waals surface area contributed by atoms with Crippen LogP contribution in [0.4, 0.5) is 11.4 Å². The van der Waals surface area contributed by atoms with Gasteiger partial charge in [-0.3, -0.25) is 9.59 Å². The van der Waals surface area contributed by atoms with Gasteiger partial charge in [-0.25, -0.2) is 0 Å². The summed E-state index contributed by atoms with van der Waals surface area (Å²) in [4.78, 5) is 25.4. The third-order valence-electron chi connectivity index (χ3n) is 5.50. The fourth-order valence-electron chi connectivity index (χ4n) is 3.77. The van der Waals surface area contributed by atoms with Crippen LogP contribution in [0.1, 0.15) is 28.6 Å². The SMILES string of the molecule is CCc1oc2ccccc2c1/C=C/C(=O)Nc1cc(OC)c(NC(=O)c2ccccc2)cc1OC. The molecule has 35 heavy (non-hydrogen) atoms. The minimum atomic E-state index is -0.348. The van der Waals surface area contributed by atoms with Gasteiger partial charge in [-0.05, 0) is 24.3 Å². The summed E-state index contributed by atoms with van der Waals surface area (Å²) in [5.74, 6) is 0.930. The Labute approximate surface area is 203 Å². The van der Waals surface area contributed by atoms with E-state index < -0.39 is 0 Å². The van der Waals surface area contributed by atoms with Crippen molar-refractivity contribution in [1.82, 2.24) is 0 Å². The summed E-state index contributed by atoms with van der Waals surface area (Å²) in [7, 11) is 2.98. The van der Waals surface area contributed by atoms with Crippen LogP contribution in [0, 0.1) is 0 Å². The highest BCUT2D eigenvalue weighted by Gasteiger charge is 2.16. The number of methoxy groups -OCH3 is 2. The molecule has 1 aromatic heterocycles. The molecule has 0 aliphatic carbocycles. The molecule has 2 amide bonds. The van der Waals surface area contributed by atoms with Crippen molar-refractivity contribution in [2.45, 2.75) is 13.3 Å². The second-order valence-electron chi connectivity index (χ2n) is 7.68. The van der Waals surface area contributed by atoms with Crippen molar-refractivity contribution in [3.63, 3.8) is 0 Å². The zero-order valence-electron chi connectivity index (χ0n) is 19.8. The van der Waals surface area contributed by atoms with Crippen LogP contribution in [0.3, 0.4) is 0 Å². The van der Waals surface area contributed by atoms with E-state index in [0.717, 1.165) is 22.3 Å². The first-order valence-electron chi connectivity index (χ1n) is 11.2. The van der Waals surface area contributed by atoms with Crippen molar-refractivity contribution in [3.05, 3.63) is 89.7 Å². The molecule has 0 aliphatic heterocycles. The number of hydrogen-bond acceptors (Lipinski definition) is 5. The number of ether oxygens (including phenoxy) is 2. The van der Waals surface area contributed by atoms with Gasteiger partial charge in [-0.15, -0.1) is 0 Å². The average molecular weight is 471 g/mol. The lowest BCUT2D eigenvalue weighted by Crippen LogP contribution is -2.14. The molecule has 7 heteroatoms. The van der Waals surface area contributed by atoms with E-state index in [1.54, 1.807) is 42.5 Å². The molecule has 3 aromatic carbocycles. The van der Waals surface area contributed by atoms with Gasteiger partial charge in [0.05, 0.1) is 25.6 Å². The normalized spacial score (nSPS) is 10.9. The Bertz CT molecular complexity index is 1390. The number of anilines is 2. The summed E-state index contributed by atoms with van der Waals surface area (Å²) < 4.78 is 16.8. The van der Waals surface area contributed by atoms with Crippen LogP contribution in [0.2, 0.25) is 0 Å². The van der Waals surface area contributed by atoms with E-state index in [1.807, 2.05) is 37.3 Å². The molecule has 0 unspecified atom stereocenters.